The van der Waals surface area contributed by atoms with Crippen molar-refractivity contribution >= 4 is 39.7 Å². The molecule has 0 fully saturated rings. The summed E-state index contributed by atoms with van der Waals surface area (Å²) in [5, 5.41) is 2.64. The van der Waals surface area contributed by atoms with Crippen molar-refractivity contribution in [2.75, 3.05) is 6.54 Å². The third-order valence-corrected chi connectivity index (χ3v) is 6.66. The van der Waals surface area contributed by atoms with E-state index in [1.165, 1.54) is 6.92 Å². The monoisotopic (exact) mass is 369 g/mol. The molecule has 1 aromatic heterocycles. The molecule has 0 unspecified atom stereocenters. The number of nitrogens with two attached hydrogens (primary N) is 1. The fourth-order valence-corrected chi connectivity index (χ4v) is 4.72. The molecular formula is C13H24ClN3O3S2. The minimum Gasteiger partial charge on any atom is -0.351 e. The number of amides is 1. The average Bonchev–Trinajstić information content (AvgIpc) is 2.92. The fourth-order valence-electron chi connectivity index (χ4n) is 1.87. The summed E-state index contributed by atoms with van der Waals surface area (Å²) in [6.45, 7) is 5.83. The van der Waals surface area contributed by atoms with Gasteiger partial charge in [0.05, 0.1) is 6.54 Å². The molecule has 0 saturated heterocycles. The largest absolute Gasteiger partial charge is 0.351 e. The predicted molar refractivity (Wildman–Crippen MR) is 91.8 cm³/mol. The van der Waals surface area contributed by atoms with Crippen LogP contribution >= 0.6 is 23.7 Å². The van der Waals surface area contributed by atoms with Crippen LogP contribution in [0.1, 0.15) is 38.5 Å². The molecule has 0 aliphatic rings. The van der Waals surface area contributed by atoms with Crippen LogP contribution in [0.25, 0.3) is 0 Å². The topological polar surface area (TPSA) is 101 Å². The molecular weight excluding hydrogens is 346 g/mol. The standard InChI is InChI=1S/C13H23N3O3S2.ClH/c1-4-13(5-2,9-14)16-21(18,19)12-7-6-11(20-12)8-15-10(3)17;/h6-7,16H,4-5,8-9,14H2,1-3H3,(H,15,17);1H. The van der Waals surface area contributed by atoms with Gasteiger partial charge in [-0.05, 0) is 25.0 Å². The molecule has 1 aromatic rings. The zero-order chi connectivity index (χ0) is 16.1. The Hall–Kier alpha value is -0.670. The summed E-state index contributed by atoms with van der Waals surface area (Å²) in [5.41, 5.74) is 5.12. The summed E-state index contributed by atoms with van der Waals surface area (Å²) in [4.78, 5) is 11.7. The number of carbonyl (C=O) groups excluding carboxylic acids is 1. The van der Waals surface area contributed by atoms with E-state index in [4.69, 9.17) is 5.73 Å². The Kier molecular flexibility index (Phi) is 8.56. The quantitative estimate of drug-likeness (QED) is 0.647. The van der Waals surface area contributed by atoms with E-state index >= 15 is 0 Å². The van der Waals surface area contributed by atoms with E-state index in [2.05, 4.69) is 10.0 Å². The molecule has 22 heavy (non-hydrogen) atoms. The first-order valence-corrected chi connectivity index (χ1v) is 9.15. The first-order chi connectivity index (χ1) is 9.78. The Labute approximate surface area is 142 Å². The van der Waals surface area contributed by atoms with Gasteiger partial charge in [0.1, 0.15) is 4.21 Å². The van der Waals surface area contributed by atoms with Gasteiger partial charge in [-0.1, -0.05) is 13.8 Å². The minimum atomic E-state index is -3.60. The van der Waals surface area contributed by atoms with Gasteiger partial charge in [0.25, 0.3) is 10.0 Å². The van der Waals surface area contributed by atoms with Crippen molar-refractivity contribution in [3.05, 3.63) is 17.0 Å². The van der Waals surface area contributed by atoms with Crippen LogP contribution in [0.2, 0.25) is 0 Å². The molecule has 1 rings (SSSR count). The summed E-state index contributed by atoms with van der Waals surface area (Å²) in [7, 11) is -3.60. The highest BCUT2D eigenvalue weighted by atomic mass is 35.5. The number of halogens is 1. The van der Waals surface area contributed by atoms with Crippen molar-refractivity contribution < 1.29 is 13.2 Å². The van der Waals surface area contributed by atoms with Crippen molar-refractivity contribution in [3.8, 4) is 0 Å². The molecule has 1 amide bonds. The molecule has 0 bridgehead atoms. The van der Waals surface area contributed by atoms with Crippen molar-refractivity contribution in [2.45, 2.75) is 49.9 Å². The van der Waals surface area contributed by atoms with Crippen molar-refractivity contribution in [3.63, 3.8) is 0 Å². The maximum absolute atomic E-state index is 12.4. The molecule has 0 saturated carbocycles. The SMILES string of the molecule is CCC(CC)(CN)NS(=O)(=O)c1ccc(CNC(C)=O)s1.Cl. The Bertz CT molecular complexity index is 575. The van der Waals surface area contributed by atoms with E-state index in [0.717, 1.165) is 16.2 Å². The smallest absolute Gasteiger partial charge is 0.250 e. The number of sulfonamides is 1. The van der Waals surface area contributed by atoms with Crippen LogP contribution < -0.4 is 15.8 Å². The number of nitrogens with one attached hydrogen (secondary N) is 2. The summed E-state index contributed by atoms with van der Waals surface area (Å²) in [5.74, 6) is -0.148. The summed E-state index contributed by atoms with van der Waals surface area (Å²) in [6, 6.07) is 3.26. The minimum absolute atomic E-state index is 0. The summed E-state index contributed by atoms with van der Waals surface area (Å²) in [6.07, 6.45) is 1.26. The van der Waals surface area contributed by atoms with Crippen molar-refractivity contribution in [1.82, 2.24) is 10.0 Å². The van der Waals surface area contributed by atoms with Crippen molar-refractivity contribution in [2.24, 2.45) is 5.73 Å². The van der Waals surface area contributed by atoms with Gasteiger partial charge in [-0.2, -0.15) is 0 Å². The van der Waals surface area contributed by atoms with Crippen LogP contribution in [0.5, 0.6) is 0 Å². The third kappa shape index (κ3) is 5.51. The Balaban J connectivity index is 0.00000441. The van der Waals surface area contributed by atoms with Gasteiger partial charge in [0, 0.05) is 23.9 Å². The number of carbonyl (C=O) groups is 1. The number of hydrogen-bond acceptors (Lipinski definition) is 5. The Morgan fingerprint density at radius 1 is 1.32 bits per heavy atom. The normalized spacial score (nSPS) is 11.8. The van der Waals surface area contributed by atoms with Crippen LogP contribution in [0.4, 0.5) is 0 Å². The summed E-state index contributed by atoms with van der Waals surface area (Å²) < 4.78 is 27.8. The van der Waals surface area contributed by atoms with Gasteiger partial charge < -0.3 is 11.1 Å². The molecule has 1 heterocycles. The van der Waals surface area contributed by atoms with Crippen LogP contribution in [-0.2, 0) is 21.4 Å². The number of hydrogen-bond donors (Lipinski definition) is 3. The van der Waals surface area contributed by atoms with Crippen molar-refractivity contribution in [1.29, 1.82) is 0 Å². The molecule has 9 heteroatoms. The zero-order valence-electron chi connectivity index (χ0n) is 13.0. The first-order valence-electron chi connectivity index (χ1n) is 6.85. The van der Waals surface area contributed by atoms with Gasteiger partial charge in [-0.3, -0.25) is 4.79 Å². The lowest BCUT2D eigenvalue weighted by molar-refractivity contribution is -0.119. The predicted octanol–water partition coefficient (Wildman–Crippen LogP) is 1.60. The average molecular weight is 370 g/mol. The maximum atomic E-state index is 12.4. The summed E-state index contributed by atoms with van der Waals surface area (Å²) >= 11 is 1.15. The van der Waals surface area contributed by atoms with Gasteiger partial charge in [0.15, 0.2) is 0 Å². The van der Waals surface area contributed by atoms with Gasteiger partial charge >= 0.3 is 0 Å². The van der Waals surface area contributed by atoms with Crippen LogP contribution in [0, 0.1) is 0 Å². The molecule has 128 valence electrons. The first kappa shape index (κ1) is 21.3. The highest BCUT2D eigenvalue weighted by Gasteiger charge is 2.31. The molecule has 0 radical (unpaired) electrons. The second-order valence-corrected chi connectivity index (χ2v) is 8.01. The Morgan fingerprint density at radius 2 is 1.91 bits per heavy atom. The Morgan fingerprint density at radius 3 is 2.36 bits per heavy atom. The molecule has 6 nitrogen and oxygen atoms in total. The molecule has 0 spiro atoms. The highest BCUT2D eigenvalue weighted by Crippen LogP contribution is 2.24. The second-order valence-electron chi connectivity index (χ2n) is 4.93. The van der Waals surface area contributed by atoms with E-state index in [1.807, 2.05) is 13.8 Å². The molecule has 0 aliphatic carbocycles. The molecule has 4 N–H and O–H groups in total. The third-order valence-electron chi connectivity index (χ3n) is 3.51. The lowest BCUT2D eigenvalue weighted by Gasteiger charge is -2.30. The van der Waals surface area contributed by atoms with Crippen LogP contribution in [0.3, 0.4) is 0 Å². The van der Waals surface area contributed by atoms with Crippen LogP contribution in [-0.4, -0.2) is 26.4 Å². The lowest BCUT2D eigenvalue weighted by Crippen LogP contribution is -2.52. The zero-order valence-corrected chi connectivity index (χ0v) is 15.5. The van der Waals surface area contributed by atoms with E-state index in [-0.39, 0.29) is 29.1 Å². The van der Waals surface area contributed by atoms with E-state index < -0.39 is 15.6 Å². The van der Waals surface area contributed by atoms with E-state index in [9.17, 15) is 13.2 Å². The second kappa shape index (κ2) is 8.83. The molecule has 0 aliphatic heterocycles. The lowest BCUT2D eigenvalue weighted by atomic mass is 9.95. The molecule has 0 atom stereocenters. The van der Waals surface area contributed by atoms with Gasteiger partial charge in [0.2, 0.25) is 5.91 Å². The van der Waals surface area contributed by atoms with E-state index in [1.54, 1.807) is 12.1 Å². The van der Waals surface area contributed by atoms with Crippen LogP contribution in [0.15, 0.2) is 16.3 Å². The van der Waals surface area contributed by atoms with Gasteiger partial charge in [-0.25, -0.2) is 13.1 Å². The van der Waals surface area contributed by atoms with E-state index in [0.29, 0.717) is 19.4 Å². The fraction of sp³-hybridized carbons (Fsp3) is 0.615. The highest BCUT2D eigenvalue weighted by molar-refractivity contribution is 7.91. The number of rotatable bonds is 8. The molecule has 0 aromatic carbocycles. The number of thiophene rings is 1. The maximum Gasteiger partial charge on any atom is 0.250 e. The van der Waals surface area contributed by atoms with Gasteiger partial charge in [-0.15, -0.1) is 23.7 Å².